The summed E-state index contributed by atoms with van der Waals surface area (Å²) in [5, 5.41) is 0. The number of hydrogen-bond donors (Lipinski definition) is 0. The fraction of sp³-hybridized carbons (Fsp3) is 0.250. The summed E-state index contributed by atoms with van der Waals surface area (Å²) >= 11 is 0. The Morgan fingerprint density at radius 2 is 2.50 bits per heavy atom. The summed E-state index contributed by atoms with van der Waals surface area (Å²) in [4.78, 5) is 14.1. The predicted octanol–water partition coefficient (Wildman–Crippen LogP) is 1.24. The van der Waals surface area contributed by atoms with Crippen LogP contribution < -0.4 is 4.74 Å². The minimum atomic E-state index is -0.588. The van der Waals surface area contributed by atoms with Crippen LogP contribution >= 0.6 is 0 Å². The molecule has 4 heteroatoms. The smallest absolute Gasteiger partial charge is 0.224 e. The SMILES string of the molecule is O=Cc1cccnc1OCCF. The van der Waals surface area contributed by atoms with Crippen molar-refractivity contribution in [1.29, 1.82) is 0 Å². The van der Waals surface area contributed by atoms with Gasteiger partial charge in [-0.1, -0.05) is 0 Å². The van der Waals surface area contributed by atoms with Crippen LogP contribution in [0.5, 0.6) is 5.88 Å². The highest BCUT2D eigenvalue weighted by Gasteiger charge is 2.01. The number of ether oxygens (including phenoxy) is 1. The molecule has 0 saturated carbocycles. The minimum absolute atomic E-state index is 0.0716. The number of carbonyl (C=O) groups is 1. The van der Waals surface area contributed by atoms with Crippen molar-refractivity contribution in [2.24, 2.45) is 0 Å². The molecule has 0 amide bonds. The van der Waals surface area contributed by atoms with Crippen LogP contribution in [-0.4, -0.2) is 24.6 Å². The van der Waals surface area contributed by atoms with E-state index >= 15 is 0 Å². The van der Waals surface area contributed by atoms with Crippen molar-refractivity contribution in [1.82, 2.24) is 4.98 Å². The summed E-state index contributed by atoms with van der Waals surface area (Å²) in [5.41, 5.74) is 0.339. The van der Waals surface area contributed by atoms with Crippen LogP contribution in [0.25, 0.3) is 0 Å². The van der Waals surface area contributed by atoms with Crippen molar-refractivity contribution in [2.75, 3.05) is 13.3 Å². The molecule has 0 fully saturated rings. The van der Waals surface area contributed by atoms with Gasteiger partial charge >= 0.3 is 0 Å². The number of carbonyl (C=O) groups excluding carboxylic acids is 1. The van der Waals surface area contributed by atoms with Crippen LogP contribution in [0.4, 0.5) is 4.39 Å². The number of hydrogen-bond acceptors (Lipinski definition) is 3. The number of rotatable bonds is 4. The monoisotopic (exact) mass is 169 g/mol. The molecule has 0 aliphatic rings. The van der Waals surface area contributed by atoms with E-state index in [1.165, 1.54) is 6.20 Å². The van der Waals surface area contributed by atoms with Gasteiger partial charge < -0.3 is 4.74 Å². The summed E-state index contributed by atoms with van der Waals surface area (Å²) in [6.45, 7) is -0.660. The normalized spacial score (nSPS) is 9.42. The second-order valence-corrected chi connectivity index (χ2v) is 2.05. The first-order chi connectivity index (χ1) is 5.88. The molecule has 12 heavy (non-hydrogen) atoms. The van der Waals surface area contributed by atoms with Gasteiger partial charge in [0.2, 0.25) is 5.88 Å². The molecule has 0 N–H and O–H groups in total. The van der Waals surface area contributed by atoms with E-state index in [-0.39, 0.29) is 12.5 Å². The van der Waals surface area contributed by atoms with Gasteiger partial charge in [-0.3, -0.25) is 4.79 Å². The fourth-order valence-electron chi connectivity index (χ4n) is 0.749. The van der Waals surface area contributed by atoms with E-state index in [0.29, 0.717) is 11.8 Å². The third-order valence-electron chi connectivity index (χ3n) is 1.24. The standard InChI is InChI=1S/C8H8FNO2/c9-3-5-12-8-7(6-11)2-1-4-10-8/h1-2,4,6H,3,5H2. The summed E-state index contributed by atoms with van der Waals surface area (Å²) in [6.07, 6.45) is 2.11. The lowest BCUT2D eigenvalue weighted by atomic mass is 10.3. The molecule has 1 aromatic heterocycles. The van der Waals surface area contributed by atoms with E-state index in [9.17, 15) is 9.18 Å². The average molecular weight is 169 g/mol. The summed E-state index contributed by atoms with van der Waals surface area (Å²) in [6, 6.07) is 3.18. The second kappa shape index (κ2) is 4.43. The first-order valence-corrected chi connectivity index (χ1v) is 3.47. The zero-order valence-electron chi connectivity index (χ0n) is 6.37. The van der Waals surface area contributed by atoms with Crippen molar-refractivity contribution < 1.29 is 13.9 Å². The molecule has 0 radical (unpaired) electrons. The number of nitrogens with zero attached hydrogens (tertiary/aromatic N) is 1. The number of pyridine rings is 1. The molecule has 1 heterocycles. The van der Waals surface area contributed by atoms with E-state index in [0.717, 1.165) is 0 Å². The number of halogens is 1. The summed E-state index contributed by atoms with van der Waals surface area (Å²) in [7, 11) is 0. The molecule has 1 aromatic rings. The van der Waals surface area contributed by atoms with Crippen LogP contribution in [0.15, 0.2) is 18.3 Å². The van der Waals surface area contributed by atoms with E-state index in [1.807, 2.05) is 0 Å². The van der Waals surface area contributed by atoms with E-state index < -0.39 is 6.67 Å². The average Bonchev–Trinajstić information content (AvgIpc) is 2.15. The fourth-order valence-corrected chi connectivity index (χ4v) is 0.749. The van der Waals surface area contributed by atoms with Gasteiger partial charge in [0.1, 0.15) is 13.3 Å². The Balaban J connectivity index is 2.75. The Kier molecular flexibility index (Phi) is 3.19. The lowest BCUT2D eigenvalue weighted by molar-refractivity contribution is 0.111. The third kappa shape index (κ3) is 2.02. The summed E-state index contributed by atoms with van der Waals surface area (Å²) < 4.78 is 16.5. The first kappa shape index (κ1) is 8.64. The van der Waals surface area contributed by atoms with Crippen LogP contribution in [0, 0.1) is 0 Å². The molecule has 0 bridgehead atoms. The molecule has 0 aliphatic carbocycles. The number of aromatic nitrogens is 1. The third-order valence-corrected chi connectivity index (χ3v) is 1.24. The van der Waals surface area contributed by atoms with Gasteiger partial charge in [-0.05, 0) is 12.1 Å². The van der Waals surface area contributed by atoms with E-state index in [1.54, 1.807) is 12.1 Å². The molecule has 0 saturated heterocycles. The van der Waals surface area contributed by atoms with Crippen molar-refractivity contribution in [3.05, 3.63) is 23.9 Å². The molecule has 3 nitrogen and oxygen atoms in total. The Bertz CT molecular complexity index is 265. The highest BCUT2D eigenvalue weighted by atomic mass is 19.1. The lowest BCUT2D eigenvalue weighted by Crippen LogP contribution is -2.02. The van der Waals surface area contributed by atoms with Gasteiger partial charge in [-0.25, -0.2) is 9.37 Å². The quantitative estimate of drug-likeness (QED) is 0.636. The molecule has 0 atom stereocenters. The van der Waals surface area contributed by atoms with Crippen LogP contribution in [0.2, 0.25) is 0 Å². The summed E-state index contributed by atoms with van der Waals surface area (Å²) in [5.74, 6) is 0.185. The van der Waals surface area contributed by atoms with Crippen LogP contribution in [0.1, 0.15) is 10.4 Å². The molecule has 0 unspecified atom stereocenters. The Morgan fingerprint density at radius 1 is 1.67 bits per heavy atom. The molecule has 0 spiro atoms. The lowest BCUT2D eigenvalue weighted by Gasteiger charge is -2.02. The topological polar surface area (TPSA) is 39.2 Å². The van der Waals surface area contributed by atoms with Crippen molar-refractivity contribution in [3.63, 3.8) is 0 Å². The maximum atomic E-state index is 11.7. The Morgan fingerprint density at radius 3 is 3.17 bits per heavy atom. The van der Waals surface area contributed by atoms with Gasteiger partial charge in [-0.2, -0.15) is 0 Å². The molecule has 64 valence electrons. The Labute approximate surface area is 69.2 Å². The largest absolute Gasteiger partial charge is 0.474 e. The minimum Gasteiger partial charge on any atom is -0.474 e. The highest BCUT2D eigenvalue weighted by Crippen LogP contribution is 2.10. The maximum absolute atomic E-state index is 11.7. The van der Waals surface area contributed by atoms with Gasteiger partial charge in [-0.15, -0.1) is 0 Å². The molecule has 0 aromatic carbocycles. The second-order valence-electron chi connectivity index (χ2n) is 2.05. The van der Waals surface area contributed by atoms with Gasteiger partial charge in [0.05, 0.1) is 5.56 Å². The van der Waals surface area contributed by atoms with Crippen molar-refractivity contribution in [2.45, 2.75) is 0 Å². The zero-order chi connectivity index (χ0) is 8.81. The van der Waals surface area contributed by atoms with Gasteiger partial charge in [0, 0.05) is 6.20 Å². The van der Waals surface area contributed by atoms with E-state index in [2.05, 4.69) is 4.98 Å². The maximum Gasteiger partial charge on any atom is 0.224 e. The zero-order valence-corrected chi connectivity index (χ0v) is 6.37. The van der Waals surface area contributed by atoms with Crippen molar-refractivity contribution in [3.8, 4) is 5.88 Å². The number of alkyl halides is 1. The molecule has 1 rings (SSSR count). The first-order valence-electron chi connectivity index (χ1n) is 3.47. The number of aldehydes is 1. The molecular weight excluding hydrogens is 161 g/mol. The van der Waals surface area contributed by atoms with Gasteiger partial charge in [0.25, 0.3) is 0 Å². The van der Waals surface area contributed by atoms with E-state index in [4.69, 9.17) is 4.74 Å². The highest BCUT2D eigenvalue weighted by molar-refractivity contribution is 5.77. The van der Waals surface area contributed by atoms with Crippen molar-refractivity contribution >= 4 is 6.29 Å². The van der Waals surface area contributed by atoms with Crippen LogP contribution in [-0.2, 0) is 0 Å². The molecule has 0 aliphatic heterocycles. The predicted molar refractivity (Wildman–Crippen MR) is 41.1 cm³/mol. The van der Waals surface area contributed by atoms with Gasteiger partial charge in [0.15, 0.2) is 6.29 Å². The molecular formula is C8H8FNO2. The van der Waals surface area contributed by atoms with Crippen LogP contribution in [0.3, 0.4) is 0 Å². The Hall–Kier alpha value is -1.45.